The fraction of sp³-hybridized carbons (Fsp3) is 0.379. The number of benzene rings is 2. The van der Waals surface area contributed by atoms with Gasteiger partial charge in [-0.1, -0.05) is 18.2 Å². The molecule has 2 aliphatic rings. The number of carboxylic acids is 1. The highest BCUT2D eigenvalue weighted by Gasteiger charge is 2.59. The molecular weight excluding hydrogens is 490 g/mol. The van der Waals surface area contributed by atoms with Gasteiger partial charge in [0.2, 0.25) is 5.88 Å². The van der Waals surface area contributed by atoms with E-state index in [1.54, 1.807) is 6.20 Å². The Hall–Kier alpha value is -3.39. The lowest BCUT2D eigenvalue weighted by Crippen LogP contribution is -2.08. The van der Waals surface area contributed by atoms with Crippen LogP contribution in [0.15, 0.2) is 48.7 Å². The molecule has 0 saturated heterocycles. The lowest BCUT2D eigenvalue weighted by molar-refractivity contribution is -0.139. The zero-order valence-corrected chi connectivity index (χ0v) is 22.0. The first-order valence-electron chi connectivity index (χ1n) is 12.5. The number of hydrogen-bond acceptors (Lipinski definition) is 6. The van der Waals surface area contributed by atoms with Crippen molar-refractivity contribution in [2.24, 2.45) is 11.8 Å². The van der Waals surface area contributed by atoms with Gasteiger partial charge in [0.05, 0.1) is 18.3 Å². The van der Waals surface area contributed by atoms with Crippen LogP contribution in [0.4, 0.5) is 0 Å². The maximum absolute atomic E-state index is 11.3. The summed E-state index contributed by atoms with van der Waals surface area (Å²) >= 11 is 0. The third kappa shape index (κ3) is 5.49. The number of carboxylic acid groups (broad SMARTS) is 1. The molecule has 1 heterocycles. The molecule has 0 bridgehead atoms. The molecule has 2 aliphatic carbocycles. The van der Waals surface area contributed by atoms with Crippen LogP contribution in [0.25, 0.3) is 11.1 Å². The summed E-state index contributed by atoms with van der Waals surface area (Å²) in [6.45, 7) is 4.83. The second-order valence-electron chi connectivity index (χ2n) is 10.2. The number of rotatable bonds is 10. The SMILES string of the molecule is Cc1cc(OCCCS(C)(=O)=O)cc(C)c1-c1cccc(COc2cc3c(cn2)[C@H]2C(C(=O)O)[C@H]2C3)c1. The summed E-state index contributed by atoms with van der Waals surface area (Å²) in [5, 5.41) is 9.30. The third-order valence-electron chi connectivity index (χ3n) is 7.30. The first kappa shape index (κ1) is 25.3. The van der Waals surface area contributed by atoms with Crippen LogP contribution in [-0.2, 0) is 27.7 Å². The molecule has 7 nitrogen and oxygen atoms in total. The Morgan fingerprint density at radius 2 is 1.86 bits per heavy atom. The van der Waals surface area contributed by atoms with Gasteiger partial charge < -0.3 is 14.6 Å². The van der Waals surface area contributed by atoms with E-state index in [0.29, 0.717) is 25.5 Å². The molecule has 0 aliphatic heterocycles. The highest BCUT2D eigenvalue weighted by molar-refractivity contribution is 7.90. The van der Waals surface area contributed by atoms with Gasteiger partial charge in [-0.25, -0.2) is 13.4 Å². The van der Waals surface area contributed by atoms with Crippen LogP contribution in [0.3, 0.4) is 0 Å². The van der Waals surface area contributed by atoms with Crippen molar-refractivity contribution in [3.8, 4) is 22.8 Å². The molecule has 1 saturated carbocycles. The second kappa shape index (κ2) is 9.82. The third-order valence-corrected chi connectivity index (χ3v) is 8.33. The molecule has 3 aromatic rings. The van der Waals surface area contributed by atoms with Crippen molar-refractivity contribution >= 4 is 15.8 Å². The predicted molar refractivity (Wildman–Crippen MR) is 141 cm³/mol. The minimum Gasteiger partial charge on any atom is -0.494 e. The Morgan fingerprint density at radius 3 is 2.57 bits per heavy atom. The van der Waals surface area contributed by atoms with Gasteiger partial charge in [-0.05, 0) is 89.8 Å². The Labute approximate surface area is 217 Å². The maximum Gasteiger partial charge on any atom is 0.307 e. The van der Waals surface area contributed by atoms with Crippen LogP contribution in [0.2, 0.25) is 0 Å². The first-order chi connectivity index (χ1) is 17.6. The van der Waals surface area contributed by atoms with Crippen molar-refractivity contribution in [2.75, 3.05) is 18.6 Å². The number of sulfone groups is 1. The number of fused-ring (bicyclic) bond motifs is 3. The van der Waals surface area contributed by atoms with Crippen LogP contribution < -0.4 is 9.47 Å². The number of aliphatic carboxylic acids is 1. The van der Waals surface area contributed by atoms with Crippen molar-refractivity contribution in [3.05, 3.63) is 76.5 Å². The molecule has 5 rings (SSSR count). The van der Waals surface area contributed by atoms with Crippen molar-refractivity contribution in [1.82, 2.24) is 4.98 Å². The van der Waals surface area contributed by atoms with Crippen LogP contribution in [0.5, 0.6) is 11.6 Å². The number of ether oxygens (including phenoxy) is 2. The van der Waals surface area contributed by atoms with Gasteiger partial charge in [-0.15, -0.1) is 0 Å². The molecule has 0 spiro atoms. The van der Waals surface area contributed by atoms with Gasteiger partial charge in [-0.2, -0.15) is 0 Å². The molecule has 1 fully saturated rings. The average molecular weight is 522 g/mol. The Morgan fingerprint density at radius 1 is 1.11 bits per heavy atom. The summed E-state index contributed by atoms with van der Waals surface area (Å²) in [6, 6.07) is 14.1. The van der Waals surface area contributed by atoms with Crippen molar-refractivity contribution < 1.29 is 27.8 Å². The molecular formula is C29H31NO6S. The highest BCUT2D eigenvalue weighted by Crippen LogP contribution is 2.61. The number of nitrogens with zero attached hydrogens (tertiary/aromatic N) is 1. The van der Waals surface area contributed by atoms with Gasteiger partial charge in [0.15, 0.2) is 0 Å². The number of carbonyl (C=O) groups is 1. The van der Waals surface area contributed by atoms with E-state index in [-0.39, 0.29) is 23.5 Å². The van der Waals surface area contributed by atoms with E-state index in [1.807, 2.05) is 44.2 Å². The van der Waals surface area contributed by atoms with Crippen molar-refractivity contribution in [2.45, 2.75) is 39.2 Å². The molecule has 1 unspecified atom stereocenters. The van der Waals surface area contributed by atoms with Crippen LogP contribution in [0.1, 0.15) is 40.2 Å². The Bertz CT molecular complexity index is 1440. The zero-order valence-electron chi connectivity index (χ0n) is 21.2. The van der Waals surface area contributed by atoms with E-state index in [1.165, 1.54) is 6.26 Å². The lowest BCUT2D eigenvalue weighted by Gasteiger charge is -2.15. The van der Waals surface area contributed by atoms with Crippen molar-refractivity contribution in [1.29, 1.82) is 0 Å². The van der Waals surface area contributed by atoms with Gasteiger partial charge in [0.25, 0.3) is 0 Å². The molecule has 1 aromatic heterocycles. The summed E-state index contributed by atoms with van der Waals surface area (Å²) in [5.74, 6) is 0.766. The molecule has 194 valence electrons. The molecule has 37 heavy (non-hydrogen) atoms. The molecule has 0 radical (unpaired) electrons. The topological polar surface area (TPSA) is 103 Å². The van der Waals surface area contributed by atoms with Crippen LogP contribution in [0, 0.1) is 25.7 Å². The average Bonchev–Trinajstić information content (AvgIpc) is 3.42. The second-order valence-corrected chi connectivity index (χ2v) is 12.5. The van der Waals surface area contributed by atoms with E-state index in [2.05, 4.69) is 17.1 Å². The van der Waals surface area contributed by atoms with Gasteiger partial charge in [0, 0.05) is 24.4 Å². The quantitative estimate of drug-likeness (QED) is 0.385. The largest absolute Gasteiger partial charge is 0.494 e. The molecule has 8 heteroatoms. The number of pyridine rings is 1. The lowest BCUT2D eigenvalue weighted by atomic mass is 9.94. The molecule has 1 N–H and O–H groups in total. The smallest absolute Gasteiger partial charge is 0.307 e. The van der Waals surface area contributed by atoms with Crippen LogP contribution in [-0.4, -0.2) is 43.1 Å². The minimum absolute atomic E-state index is 0.112. The van der Waals surface area contributed by atoms with E-state index in [0.717, 1.165) is 51.1 Å². The highest BCUT2D eigenvalue weighted by atomic mass is 32.2. The van der Waals surface area contributed by atoms with Gasteiger partial charge in [-0.3, -0.25) is 4.79 Å². The summed E-state index contributed by atoms with van der Waals surface area (Å²) in [7, 11) is -2.99. The summed E-state index contributed by atoms with van der Waals surface area (Å²) in [5.41, 5.74) is 7.60. The van der Waals surface area contributed by atoms with E-state index in [9.17, 15) is 18.3 Å². The molecule has 2 aromatic carbocycles. The maximum atomic E-state index is 11.3. The summed E-state index contributed by atoms with van der Waals surface area (Å²) < 4.78 is 34.4. The normalized spacial score (nSPS) is 19.7. The predicted octanol–water partition coefficient (Wildman–Crippen LogP) is 4.73. The van der Waals surface area contributed by atoms with E-state index < -0.39 is 15.8 Å². The molecule has 3 atom stereocenters. The summed E-state index contributed by atoms with van der Waals surface area (Å²) in [4.78, 5) is 15.7. The zero-order chi connectivity index (χ0) is 26.3. The van der Waals surface area contributed by atoms with Crippen LogP contribution >= 0.6 is 0 Å². The first-order valence-corrected chi connectivity index (χ1v) is 14.5. The minimum atomic E-state index is -2.99. The number of hydrogen-bond donors (Lipinski definition) is 1. The Balaban J connectivity index is 1.23. The fourth-order valence-corrected chi connectivity index (χ4v) is 6.27. The summed E-state index contributed by atoms with van der Waals surface area (Å²) in [6.07, 6.45) is 4.26. The monoisotopic (exact) mass is 521 g/mol. The number of aryl methyl sites for hydroxylation is 2. The van der Waals surface area contributed by atoms with Gasteiger partial charge >= 0.3 is 5.97 Å². The fourth-order valence-electron chi connectivity index (χ4n) is 5.63. The number of aromatic nitrogens is 1. The van der Waals surface area contributed by atoms with E-state index >= 15 is 0 Å². The Kier molecular flexibility index (Phi) is 6.70. The molecule has 0 amide bonds. The van der Waals surface area contributed by atoms with Crippen molar-refractivity contribution in [3.63, 3.8) is 0 Å². The van der Waals surface area contributed by atoms with Gasteiger partial charge in [0.1, 0.15) is 22.2 Å². The standard InChI is InChI=1S/C29H31NO6S/c1-17-10-22(35-8-5-9-37(3,33)34)11-18(2)26(17)20-7-4-6-19(12-20)16-36-25-14-21-13-23-27(24(21)15-30-25)28(23)29(31)32/h4,6-7,10-12,14-15,23,27-28H,5,8-9,13,16H2,1-3H3,(H,31,32)/t23-,27-,28?/m0/s1. The van der Waals surface area contributed by atoms with E-state index in [4.69, 9.17) is 9.47 Å².